The van der Waals surface area contributed by atoms with E-state index >= 15 is 0 Å². The summed E-state index contributed by atoms with van der Waals surface area (Å²) in [5, 5.41) is 13.1. The van der Waals surface area contributed by atoms with Gasteiger partial charge in [-0.2, -0.15) is 0 Å². The Morgan fingerprint density at radius 3 is 2.24 bits per heavy atom. The highest BCUT2D eigenvalue weighted by molar-refractivity contribution is 14.0. The highest BCUT2D eigenvalue weighted by Crippen LogP contribution is 2.21. The number of halogens is 1. The van der Waals surface area contributed by atoms with E-state index in [2.05, 4.69) is 60.2 Å². The fraction of sp³-hybridized carbons (Fsp3) is 0.696. The number of nitrogens with one attached hydrogen (secondary N) is 1. The quantitative estimate of drug-likeness (QED) is 0.358. The molecule has 0 amide bonds. The van der Waals surface area contributed by atoms with E-state index in [1.165, 1.54) is 17.5 Å². The van der Waals surface area contributed by atoms with E-state index in [0.717, 1.165) is 76.5 Å². The first-order valence-electron chi connectivity index (χ1n) is 11.0. The van der Waals surface area contributed by atoms with Crippen molar-refractivity contribution in [3.05, 3.63) is 35.4 Å². The van der Waals surface area contributed by atoms with Gasteiger partial charge in [0.05, 0.1) is 12.6 Å². The molecule has 2 saturated heterocycles. The summed E-state index contributed by atoms with van der Waals surface area (Å²) in [6.45, 7) is 13.6. The van der Waals surface area contributed by atoms with E-state index in [9.17, 15) is 5.11 Å². The predicted molar refractivity (Wildman–Crippen MR) is 132 cm³/mol. The molecule has 2 N–H and O–H groups in total. The second kappa shape index (κ2) is 12.1. The second-order valence-electron chi connectivity index (χ2n) is 8.85. The van der Waals surface area contributed by atoms with E-state index in [1.807, 2.05) is 0 Å². The minimum atomic E-state index is -0.103. The molecule has 0 bridgehead atoms. The fourth-order valence-electron chi connectivity index (χ4n) is 4.51. The summed E-state index contributed by atoms with van der Waals surface area (Å²) in [5.74, 6) is 2.50. The first-order valence-corrected chi connectivity index (χ1v) is 11.0. The van der Waals surface area contributed by atoms with E-state index < -0.39 is 0 Å². The van der Waals surface area contributed by atoms with Crippen LogP contribution < -0.4 is 5.32 Å². The van der Waals surface area contributed by atoms with Crippen LogP contribution in [-0.2, 0) is 13.1 Å². The molecular weight excluding hydrogens is 475 g/mol. The summed E-state index contributed by atoms with van der Waals surface area (Å²) in [5.41, 5.74) is 2.60. The molecule has 0 saturated carbocycles. The molecule has 164 valence electrons. The molecule has 0 aromatic heterocycles. The lowest BCUT2D eigenvalue weighted by molar-refractivity contribution is 0.0792. The Kier molecular flexibility index (Phi) is 10.2. The SMILES string of the molecule is CCNC(=NCc1ccc(CN2CCC(O)CC2)cc1)N1CC(C)CC(C)C1.I. The van der Waals surface area contributed by atoms with E-state index in [4.69, 9.17) is 4.99 Å². The minimum Gasteiger partial charge on any atom is -0.393 e. The van der Waals surface area contributed by atoms with Gasteiger partial charge < -0.3 is 15.3 Å². The zero-order valence-electron chi connectivity index (χ0n) is 18.3. The summed E-state index contributed by atoms with van der Waals surface area (Å²) in [4.78, 5) is 9.79. The molecule has 1 aromatic carbocycles. The molecule has 0 radical (unpaired) electrons. The van der Waals surface area contributed by atoms with Crippen molar-refractivity contribution in [1.29, 1.82) is 0 Å². The number of guanidine groups is 1. The number of hydrogen-bond donors (Lipinski definition) is 2. The van der Waals surface area contributed by atoms with Crippen LogP contribution in [-0.4, -0.2) is 59.7 Å². The van der Waals surface area contributed by atoms with Crippen LogP contribution in [0.5, 0.6) is 0 Å². The summed E-state index contributed by atoms with van der Waals surface area (Å²) in [6, 6.07) is 8.88. The molecule has 2 aliphatic rings. The molecule has 0 spiro atoms. The average Bonchev–Trinajstić information content (AvgIpc) is 2.67. The van der Waals surface area contributed by atoms with Crippen LogP contribution in [0.1, 0.15) is 51.2 Å². The summed E-state index contributed by atoms with van der Waals surface area (Å²) in [7, 11) is 0. The van der Waals surface area contributed by atoms with Crippen molar-refractivity contribution in [2.24, 2.45) is 16.8 Å². The second-order valence-corrected chi connectivity index (χ2v) is 8.85. The smallest absolute Gasteiger partial charge is 0.194 e. The molecule has 5 nitrogen and oxygen atoms in total. The van der Waals surface area contributed by atoms with Gasteiger partial charge in [0.15, 0.2) is 5.96 Å². The predicted octanol–water partition coefficient (Wildman–Crippen LogP) is 3.70. The van der Waals surface area contributed by atoms with Gasteiger partial charge in [-0.05, 0) is 49.1 Å². The van der Waals surface area contributed by atoms with Crippen LogP contribution >= 0.6 is 24.0 Å². The monoisotopic (exact) mass is 514 g/mol. The van der Waals surface area contributed by atoms with Crippen molar-refractivity contribution in [1.82, 2.24) is 15.1 Å². The topological polar surface area (TPSA) is 51.1 Å². The lowest BCUT2D eigenvalue weighted by Crippen LogP contribution is -2.48. The number of aliphatic hydroxyl groups excluding tert-OH is 1. The molecule has 2 aliphatic heterocycles. The molecule has 3 rings (SSSR count). The molecule has 2 atom stereocenters. The number of likely N-dealkylation sites (tertiary alicyclic amines) is 2. The Bertz CT molecular complexity index is 618. The third-order valence-corrected chi connectivity index (χ3v) is 5.90. The summed E-state index contributed by atoms with van der Waals surface area (Å²) < 4.78 is 0. The zero-order valence-corrected chi connectivity index (χ0v) is 20.6. The molecule has 6 heteroatoms. The van der Waals surface area contributed by atoms with Crippen molar-refractivity contribution >= 4 is 29.9 Å². The molecule has 0 aliphatic carbocycles. The van der Waals surface area contributed by atoms with Crippen LogP contribution in [0, 0.1) is 11.8 Å². The van der Waals surface area contributed by atoms with Gasteiger partial charge in [0.1, 0.15) is 0 Å². The number of aliphatic hydroxyl groups is 1. The fourth-order valence-corrected chi connectivity index (χ4v) is 4.51. The van der Waals surface area contributed by atoms with Crippen LogP contribution in [0.2, 0.25) is 0 Å². The number of rotatable bonds is 5. The highest BCUT2D eigenvalue weighted by atomic mass is 127. The maximum atomic E-state index is 9.65. The highest BCUT2D eigenvalue weighted by Gasteiger charge is 2.24. The van der Waals surface area contributed by atoms with Crippen molar-refractivity contribution < 1.29 is 5.11 Å². The number of aliphatic imine (C=N–C) groups is 1. The number of piperidine rings is 2. The Balaban J connectivity index is 0.00000300. The van der Waals surface area contributed by atoms with Crippen molar-refractivity contribution in [3.63, 3.8) is 0 Å². The molecule has 29 heavy (non-hydrogen) atoms. The van der Waals surface area contributed by atoms with E-state index in [0.29, 0.717) is 0 Å². The van der Waals surface area contributed by atoms with Gasteiger partial charge in [-0.25, -0.2) is 4.99 Å². The van der Waals surface area contributed by atoms with Gasteiger partial charge in [0.2, 0.25) is 0 Å². The maximum absolute atomic E-state index is 9.65. The largest absolute Gasteiger partial charge is 0.393 e. The Morgan fingerprint density at radius 2 is 1.66 bits per heavy atom. The van der Waals surface area contributed by atoms with Gasteiger partial charge >= 0.3 is 0 Å². The molecular formula is C23H39IN4O. The van der Waals surface area contributed by atoms with Gasteiger partial charge in [-0.3, -0.25) is 4.90 Å². The third-order valence-electron chi connectivity index (χ3n) is 5.90. The van der Waals surface area contributed by atoms with Crippen molar-refractivity contribution in [2.75, 3.05) is 32.7 Å². The van der Waals surface area contributed by atoms with Crippen molar-refractivity contribution in [2.45, 2.75) is 59.2 Å². The first-order chi connectivity index (χ1) is 13.5. The van der Waals surface area contributed by atoms with Crippen LogP contribution in [0.25, 0.3) is 0 Å². The van der Waals surface area contributed by atoms with E-state index in [1.54, 1.807) is 0 Å². The normalized spacial score (nSPS) is 24.3. The first kappa shape index (κ1) is 24.4. The summed E-state index contributed by atoms with van der Waals surface area (Å²) >= 11 is 0. The molecule has 1 aromatic rings. The third kappa shape index (κ3) is 7.72. The molecule has 2 heterocycles. The van der Waals surface area contributed by atoms with Crippen LogP contribution in [0.15, 0.2) is 29.3 Å². The Morgan fingerprint density at radius 1 is 1.07 bits per heavy atom. The summed E-state index contributed by atoms with van der Waals surface area (Å²) in [6.07, 6.45) is 3.00. The van der Waals surface area contributed by atoms with Crippen LogP contribution in [0.3, 0.4) is 0 Å². The van der Waals surface area contributed by atoms with E-state index in [-0.39, 0.29) is 30.1 Å². The molecule has 2 fully saturated rings. The minimum absolute atomic E-state index is 0. The van der Waals surface area contributed by atoms with Gasteiger partial charge in [0.25, 0.3) is 0 Å². The van der Waals surface area contributed by atoms with Gasteiger partial charge in [-0.1, -0.05) is 38.1 Å². The van der Waals surface area contributed by atoms with Gasteiger partial charge in [-0.15, -0.1) is 24.0 Å². The lowest BCUT2D eigenvalue weighted by Gasteiger charge is -2.37. The lowest BCUT2D eigenvalue weighted by atomic mass is 9.92. The Labute approximate surface area is 194 Å². The average molecular weight is 514 g/mol. The van der Waals surface area contributed by atoms with Crippen LogP contribution in [0.4, 0.5) is 0 Å². The van der Waals surface area contributed by atoms with Gasteiger partial charge in [0, 0.05) is 39.3 Å². The maximum Gasteiger partial charge on any atom is 0.194 e. The van der Waals surface area contributed by atoms with Crippen molar-refractivity contribution in [3.8, 4) is 0 Å². The number of hydrogen-bond acceptors (Lipinski definition) is 3. The number of benzene rings is 1. The zero-order chi connectivity index (χ0) is 19.9. The molecule has 2 unspecified atom stereocenters. The standard InChI is InChI=1S/C23H38N4O.HI/c1-4-24-23(27-15-18(2)13-19(3)16-27)25-14-20-5-7-21(8-6-20)17-26-11-9-22(28)10-12-26;/h5-8,18-19,22,28H,4,9-17H2,1-3H3,(H,24,25);1H. The Hall–Kier alpha value is -0.860. The number of nitrogens with zero attached hydrogens (tertiary/aromatic N) is 3.